The summed E-state index contributed by atoms with van der Waals surface area (Å²) in [6, 6.07) is 6.12. The smallest absolute Gasteiger partial charge is 0.242 e. The van der Waals surface area contributed by atoms with Gasteiger partial charge in [0.15, 0.2) is 0 Å². The standard InChI is InChI=1S/C16H23ClN2O4S/c17-13-6-2-4-8-15(13)24(22,23)18-10-9-16(21)19-14-7-3-1-5-12(14)11-20/h2,4,6,8,12,14,18,20H,1,3,5,7,9-11H2,(H,19,21)/t12-,14+/m0/s1. The van der Waals surface area contributed by atoms with E-state index < -0.39 is 10.0 Å². The van der Waals surface area contributed by atoms with Crippen LogP contribution in [0.5, 0.6) is 0 Å². The first-order valence-electron chi connectivity index (χ1n) is 8.08. The van der Waals surface area contributed by atoms with Crippen molar-refractivity contribution < 1.29 is 18.3 Å². The second-order valence-corrected chi connectivity index (χ2v) is 8.12. The third-order valence-electron chi connectivity index (χ3n) is 4.26. The Balaban J connectivity index is 1.83. The van der Waals surface area contributed by atoms with Crippen molar-refractivity contribution in [3.8, 4) is 0 Å². The van der Waals surface area contributed by atoms with Crippen LogP contribution in [-0.4, -0.2) is 38.6 Å². The highest BCUT2D eigenvalue weighted by Gasteiger charge is 2.25. The van der Waals surface area contributed by atoms with Crippen molar-refractivity contribution in [1.82, 2.24) is 10.0 Å². The Bertz CT molecular complexity index is 666. The Labute approximate surface area is 147 Å². The number of halogens is 1. The number of hydrogen-bond acceptors (Lipinski definition) is 4. The zero-order valence-electron chi connectivity index (χ0n) is 13.4. The van der Waals surface area contributed by atoms with E-state index in [0.29, 0.717) is 0 Å². The second-order valence-electron chi connectivity index (χ2n) is 5.98. The first-order chi connectivity index (χ1) is 11.4. The minimum atomic E-state index is -3.74. The minimum Gasteiger partial charge on any atom is -0.396 e. The zero-order chi connectivity index (χ0) is 17.6. The molecule has 1 aliphatic rings. The van der Waals surface area contributed by atoms with E-state index in [9.17, 15) is 18.3 Å². The first-order valence-corrected chi connectivity index (χ1v) is 9.94. The maximum Gasteiger partial charge on any atom is 0.242 e. The van der Waals surface area contributed by atoms with Gasteiger partial charge in [-0.05, 0) is 25.0 Å². The molecule has 0 spiro atoms. The van der Waals surface area contributed by atoms with Gasteiger partial charge in [-0.3, -0.25) is 4.79 Å². The van der Waals surface area contributed by atoms with E-state index in [4.69, 9.17) is 11.6 Å². The van der Waals surface area contributed by atoms with E-state index in [0.717, 1.165) is 25.7 Å². The molecular weight excluding hydrogens is 352 g/mol. The number of benzene rings is 1. The van der Waals surface area contributed by atoms with Crippen LogP contribution >= 0.6 is 11.6 Å². The number of amides is 1. The van der Waals surface area contributed by atoms with Crippen molar-refractivity contribution in [2.75, 3.05) is 13.2 Å². The lowest BCUT2D eigenvalue weighted by Gasteiger charge is -2.30. The lowest BCUT2D eigenvalue weighted by atomic mass is 9.85. The van der Waals surface area contributed by atoms with Gasteiger partial charge in [-0.15, -0.1) is 0 Å². The lowest BCUT2D eigenvalue weighted by Crippen LogP contribution is -2.44. The van der Waals surface area contributed by atoms with Gasteiger partial charge < -0.3 is 10.4 Å². The molecule has 1 amide bonds. The highest BCUT2D eigenvalue weighted by molar-refractivity contribution is 7.89. The van der Waals surface area contributed by atoms with Crippen molar-refractivity contribution in [3.63, 3.8) is 0 Å². The van der Waals surface area contributed by atoms with Crippen LogP contribution in [-0.2, 0) is 14.8 Å². The number of hydrogen-bond donors (Lipinski definition) is 3. The number of aliphatic hydroxyl groups excluding tert-OH is 1. The number of aliphatic hydroxyl groups is 1. The summed E-state index contributed by atoms with van der Waals surface area (Å²) < 4.78 is 26.7. The van der Waals surface area contributed by atoms with Crippen LogP contribution in [0.15, 0.2) is 29.2 Å². The van der Waals surface area contributed by atoms with Crippen LogP contribution in [0.25, 0.3) is 0 Å². The van der Waals surface area contributed by atoms with Crippen LogP contribution in [0, 0.1) is 5.92 Å². The van der Waals surface area contributed by atoms with E-state index in [1.54, 1.807) is 12.1 Å². The maximum absolute atomic E-state index is 12.2. The van der Waals surface area contributed by atoms with Gasteiger partial charge in [0.05, 0.1) is 5.02 Å². The van der Waals surface area contributed by atoms with Crippen molar-refractivity contribution in [2.24, 2.45) is 5.92 Å². The molecule has 8 heteroatoms. The Hall–Kier alpha value is -1.15. The molecule has 134 valence electrons. The molecular formula is C16H23ClN2O4S. The fraction of sp³-hybridized carbons (Fsp3) is 0.562. The van der Waals surface area contributed by atoms with Gasteiger partial charge in [-0.2, -0.15) is 0 Å². The quantitative estimate of drug-likeness (QED) is 0.676. The molecule has 1 saturated carbocycles. The van der Waals surface area contributed by atoms with Gasteiger partial charge in [0, 0.05) is 31.5 Å². The largest absolute Gasteiger partial charge is 0.396 e. The maximum atomic E-state index is 12.2. The average Bonchev–Trinajstić information content (AvgIpc) is 2.55. The van der Waals surface area contributed by atoms with Crippen LogP contribution in [0.4, 0.5) is 0 Å². The molecule has 2 rings (SSSR count). The lowest BCUT2D eigenvalue weighted by molar-refractivity contribution is -0.122. The molecule has 1 aliphatic carbocycles. The van der Waals surface area contributed by atoms with Crippen molar-refractivity contribution in [2.45, 2.75) is 43.0 Å². The van der Waals surface area contributed by atoms with E-state index in [2.05, 4.69) is 10.0 Å². The Morgan fingerprint density at radius 2 is 1.96 bits per heavy atom. The molecule has 6 nitrogen and oxygen atoms in total. The summed E-state index contributed by atoms with van der Waals surface area (Å²) in [4.78, 5) is 12.0. The minimum absolute atomic E-state index is 0.000278. The molecule has 0 aliphatic heterocycles. The molecule has 0 bridgehead atoms. The molecule has 1 fully saturated rings. The Morgan fingerprint density at radius 3 is 2.67 bits per heavy atom. The summed E-state index contributed by atoms with van der Waals surface area (Å²) in [5, 5.41) is 12.4. The third kappa shape index (κ3) is 5.17. The molecule has 3 N–H and O–H groups in total. The zero-order valence-corrected chi connectivity index (χ0v) is 14.9. The van der Waals surface area contributed by atoms with Crippen molar-refractivity contribution >= 4 is 27.5 Å². The van der Waals surface area contributed by atoms with E-state index in [1.165, 1.54) is 12.1 Å². The Kier molecular flexibility index (Phi) is 7.03. The van der Waals surface area contributed by atoms with Gasteiger partial charge in [-0.1, -0.05) is 36.6 Å². The molecule has 1 aromatic carbocycles. The molecule has 0 heterocycles. The topological polar surface area (TPSA) is 95.5 Å². The van der Waals surface area contributed by atoms with Gasteiger partial charge >= 0.3 is 0 Å². The number of rotatable bonds is 7. The molecule has 0 radical (unpaired) electrons. The van der Waals surface area contributed by atoms with Crippen LogP contribution in [0.3, 0.4) is 0 Å². The fourth-order valence-corrected chi connectivity index (χ4v) is 4.48. The van der Waals surface area contributed by atoms with Crippen LogP contribution in [0.2, 0.25) is 5.02 Å². The molecule has 0 saturated heterocycles. The van der Waals surface area contributed by atoms with E-state index >= 15 is 0 Å². The van der Waals surface area contributed by atoms with Gasteiger partial charge in [0.25, 0.3) is 0 Å². The highest BCUT2D eigenvalue weighted by Crippen LogP contribution is 2.24. The second kappa shape index (κ2) is 8.80. The molecule has 0 aromatic heterocycles. The monoisotopic (exact) mass is 374 g/mol. The number of carbonyl (C=O) groups excluding carboxylic acids is 1. The van der Waals surface area contributed by atoms with Gasteiger partial charge in [-0.25, -0.2) is 13.1 Å². The predicted molar refractivity (Wildman–Crippen MR) is 92.2 cm³/mol. The fourth-order valence-electron chi connectivity index (χ4n) is 2.93. The van der Waals surface area contributed by atoms with Crippen molar-refractivity contribution in [3.05, 3.63) is 29.3 Å². The molecule has 1 aromatic rings. The normalized spacial score (nSPS) is 21.4. The number of nitrogens with one attached hydrogen (secondary N) is 2. The summed E-state index contributed by atoms with van der Waals surface area (Å²) in [6.07, 6.45) is 3.89. The third-order valence-corrected chi connectivity index (χ3v) is 6.22. The van der Waals surface area contributed by atoms with Gasteiger partial charge in [0.2, 0.25) is 15.9 Å². The van der Waals surface area contributed by atoms with Crippen LogP contribution in [0.1, 0.15) is 32.1 Å². The first kappa shape index (κ1) is 19.2. The van der Waals surface area contributed by atoms with Crippen molar-refractivity contribution in [1.29, 1.82) is 0 Å². The summed E-state index contributed by atoms with van der Waals surface area (Å²) in [5.41, 5.74) is 0. The van der Waals surface area contributed by atoms with E-state index in [1.807, 2.05) is 0 Å². The number of sulfonamides is 1. The molecule has 24 heavy (non-hydrogen) atoms. The van der Waals surface area contributed by atoms with E-state index in [-0.39, 0.29) is 47.4 Å². The average molecular weight is 375 g/mol. The summed E-state index contributed by atoms with van der Waals surface area (Å²) in [7, 11) is -3.74. The van der Waals surface area contributed by atoms with Crippen LogP contribution < -0.4 is 10.0 Å². The SMILES string of the molecule is O=C(CCNS(=O)(=O)c1ccccc1Cl)N[C@@H]1CCCC[C@H]1CO. The number of carbonyl (C=O) groups is 1. The predicted octanol–water partition coefficient (Wildman–Crippen LogP) is 1.68. The summed E-state index contributed by atoms with van der Waals surface area (Å²) in [5.74, 6) is -0.135. The highest BCUT2D eigenvalue weighted by atomic mass is 35.5. The van der Waals surface area contributed by atoms with Gasteiger partial charge in [0.1, 0.15) is 4.90 Å². The Morgan fingerprint density at radius 1 is 1.25 bits per heavy atom. The molecule has 2 atom stereocenters. The summed E-state index contributed by atoms with van der Waals surface area (Å²) >= 11 is 5.89. The molecule has 0 unspecified atom stereocenters. The summed E-state index contributed by atoms with van der Waals surface area (Å²) in [6.45, 7) is 0.0555.